The highest BCUT2D eigenvalue weighted by atomic mass is 16.5. The second-order valence-corrected chi connectivity index (χ2v) is 6.20. The SMILES string of the molecule is C[C@H](OC[C@H]1CCCCO1)C(=O)Nc1c2c(nn1C)CCC2. The van der Waals surface area contributed by atoms with Gasteiger partial charge in [0.25, 0.3) is 5.91 Å². The fourth-order valence-corrected chi connectivity index (χ4v) is 3.16. The van der Waals surface area contributed by atoms with Crippen molar-refractivity contribution in [3.8, 4) is 0 Å². The van der Waals surface area contributed by atoms with Gasteiger partial charge in [0.1, 0.15) is 11.9 Å². The lowest BCUT2D eigenvalue weighted by atomic mass is 10.1. The summed E-state index contributed by atoms with van der Waals surface area (Å²) in [5.41, 5.74) is 2.29. The Bertz CT molecular complexity index is 535. The minimum atomic E-state index is -0.488. The van der Waals surface area contributed by atoms with Crippen LogP contribution in [-0.2, 0) is 34.2 Å². The Hall–Kier alpha value is -1.40. The molecule has 0 unspecified atom stereocenters. The van der Waals surface area contributed by atoms with E-state index in [4.69, 9.17) is 9.47 Å². The second kappa shape index (κ2) is 6.79. The van der Waals surface area contributed by atoms with Crippen molar-refractivity contribution in [2.75, 3.05) is 18.5 Å². The number of aryl methyl sites for hydroxylation is 2. The molecule has 1 amide bonds. The van der Waals surface area contributed by atoms with E-state index < -0.39 is 6.10 Å². The summed E-state index contributed by atoms with van der Waals surface area (Å²) in [7, 11) is 1.87. The Balaban J connectivity index is 1.53. The van der Waals surface area contributed by atoms with Gasteiger partial charge in [-0.25, -0.2) is 0 Å². The molecule has 0 spiro atoms. The summed E-state index contributed by atoms with van der Waals surface area (Å²) in [6, 6.07) is 0. The van der Waals surface area contributed by atoms with Crippen LogP contribution in [-0.4, -0.2) is 41.1 Å². The lowest BCUT2D eigenvalue weighted by molar-refractivity contribution is -0.130. The fourth-order valence-electron chi connectivity index (χ4n) is 3.16. The van der Waals surface area contributed by atoms with E-state index in [1.807, 2.05) is 7.05 Å². The number of fused-ring (bicyclic) bond motifs is 1. The number of carbonyl (C=O) groups excluding carboxylic acids is 1. The quantitative estimate of drug-likeness (QED) is 0.901. The third-order valence-electron chi connectivity index (χ3n) is 4.49. The zero-order valence-electron chi connectivity index (χ0n) is 13.4. The summed E-state index contributed by atoms with van der Waals surface area (Å²) >= 11 is 0. The lowest BCUT2D eigenvalue weighted by Gasteiger charge is -2.24. The first-order chi connectivity index (χ1) is 10.6. The van der Waals surface area contributed by atoms with Gasteiger partial charge in [0.15, 0.2) is 0 Å². The van der Waals surface area contributed by atoms with E-state index in [9.17, 15) is 4.79 Å². The van der Waals surface area contributed by atoms with Gasteiger partial charge in [0, 0.05) is 19.2 Å². The van der Waals surface area contributed by atoms with E-state index in [1.54, 1.807) is 11.6 Å². The first-order valence-corrected chi connectivity index (χ1v) is 8.24. The first kappa shape index (κ1) is 15.5. The van der Waals surface area contributed by atoms with E-state index in [-0.39, 0.29) is 12.0 Å². The topological polar surface area (TPSA) is 65.4 Å². The third kappa shape index (κ3) is 3.33. The normalized spacial score (nSPS) is 22.4. The highest BCUT2D eigenvalue weighted by Crippen LogP contribution is 2.28. The molecule has 0 aromatic carbocycles. The molecule has 1 saturated heterocycles. The number of aromatic nitrogens is 2. The standard InChI is InChI=1S/C16H25N3O3/c1-11(22-10-12-6-3-4-9-21-12)16(20)17-15-13-7-5-8-14(13)18-19(15)2/h11-12H,3-10H2,1-2H3,(H,17,20)/t11-,12+/m0/s1. The maximum absolute atomic E-state index is 12.3. The van der Waals surface area contributed by atoms with Crippen LogP contribution >= 0.6 is 0 Å². The van der Waals surface area contributed by atoms with Crippen LogP contribution in [0.15, 0.2) is 0 Å². The number of anilines is 1. The molecule has 1 N–H and O–H groups in total. The molecule has 22 heavy (non-hydrogen) atoms. The van der Waals surface area contributed by atoms with E-state index in [2.05, 4.69) is 10.4 Å². The number of nitrogens with zero attached hydrogens (tertiary/aromatic N) is 2. The summed E-state index contributed by atoms with van der Waals surface area (Å²) in [4.78, 5) is 12.3. The zero-order valence-corrected chi connectivity index (χ0v) is 13.4. The monoisotopic (exact) mass is 307 g/mol. The summed E-state index contributed by atoms with van der Waals surface area (Å²) in [6.45, 7) is 3.07. The van der Waals surface area contributed by atoms with Crippen LogP contribution in [0, 0.1) is 0 Å². The van der Waals surface area contributed by atoms with Gasteiger partial charge in [-0.05, 0) is 45.4 Å². The van der Waals surface area contributed by atoms with Crippen LogP contribution in [0.3, 0.4) is 0 Å². The minimum Gasteiger partial charge on any atom is -0.376 e. The molecule has 0 saturated carbocycles. The molecule has 6 heteroatoms. The van der Waals surface area contributed by atoms with Crippen LogP contribution in [0.5, 0.6) is 0 Å². The van der Waals surface area contributed by atoms with Crippen molar-refractivity contribution in [2.45, 2.75) is 57.7 Å². The van der Waals surface area contributed by atoms with Crippen molar-refractivity contribution < 1.29 is 14.3 Å². The molecule has 3 rings (SSSR count). The molecule has 1 aromatic heterocycles. The van der Waals surface area contributed by atoms with Crippen molar-refractivity contribution in [1.29, 1.82) is 0 Å². The Labute approximate surface area is 131 Å². The number of rotatable bonds is 5. The second-order valence-electron chi connectivity index (χ2n) is 6.20. The number of hydrogen-bond acceptors (Lipinski definition) is 4. The molecule has 6 nitrogen and oxygen atoms in total. The fraction of sp³-hybridized carbons (Fsp3) is 0.750. The molecular formula is C16H25N3O3. The van der Waals surface area contributed by atoms with Crippen molar-refractivity contribution >= 4 is 11.7 Å². The molecule has 2 aliphatic rings. The van der Waals surface area contributed by atoms with Gasteiger partial charge in [-0.15, -0.1) is 0 Å². The molecule has 2 heterocycles. The van der Waals surface area contributed by atoms with Crippen molar-refractivity contribution in [3.05, 3.63) is 11.3 Å². The van der Waals surface area contributed by atoms with Crippen LogP contribution in [0.25, 0.3) is 0 Å². The van der Waals surface area contributed by atoms with Crippen molar-refractivity contribution in [1.82, 2.24) is 9.78 Å². The first-order valence-electron chi connectivity index (χ1n) is 8.24. The highest BCUT2D eigenvalue weighted by Gasteiger charge is 2.24. The van der Waals surface area contributed by atoms with E-state index in [1.165, 1.54) is 12.0 Å². The highest BCUT2D eigenvalue weighted by molar-refractivity contribution is 5.94. The summed E-state index contributed by atoms with van der Waals surface area (Å²) in [5.74, 6) is 0.704. The van der Waals surface area contributed by atoms with Crippen LogP contribution in [0.1, 0.15) is 43.9 Å². The molecule has 122 valence electrons. The van der Waals surface area contributed by atoms with E-state index in [0.29, 0.717) is 6.61 Å². The number of carbonyl (C=O) groups is 1. The van der Waals surface area contributed by atoms with E-state index >= 15 is 0 Å². The molecular weight excluding hydrogens is 282 g/mol. The van der Waals surface area contributed by atoms with E-state index in [0.717, 1.165) is 50.2 Å². The third-order valence-corrected chi connectivity index (χ3v) is 4.49. The van der Waals surface area contributed by atoms with Crippen LogP contribution in [0.4, 0.5) is 5.82 Å². The maximum Gasteiger partial charge on any atom is 0.254 e. The molecule has 1 aliphatic carbocycles. The molecule has 1 aromatic rings. The van der Waals surface area contributed by atoms with Gasteiger partial charge >= 0.3 is 0 Å². The van der Waals surface area contributed by atoms with Gasteiger partial charge in [0.2, 0.25) is 0 Å². The Morgan fingerprint density at radius 3 is 3.09 bits per heavy atom. The largest absolute Gasteiger partial charge is 0.376 e. The average Bonchev–Trinajstić information content (AvgIpc) is 3.08. The van der Waals surface area contributed by atoms with Gasteiger partial charge in [-0.2, -0.15) is 5.10 Å². The molecule has 2 atom stereocenters. The Morgan fingerprint density at radius 2 is 2.32 bits per heavy atom. The minimum absolute atomic E-state index is 0.117. The average molecular weight is 307 g/mol. The molecule has 1 fully saturated rings. The number of ether oxygens (including phenoxy) is 2. The smallest absolute Gasteiger partial charge is 0.254 e. The molecule has 0 radical (unpaired) electrons. The van der Waals surface area contributed by atoms with Gasteiger partial charge in [0.05, 0.1) is 18.4 Å². The molecule has 0 bridgehead atoms. The van der Waals surface area contributed by atoms with Gasteiger partial charge in [-0.3, -0.25) is 9.48 Å². The summed E-state index contributed by atoms with van der Waals surface area (Å²) < 4.78 is 13.1. The number of hydrogen-bond donors (Lipinski definition) is 1. The van der Waals surface area contributed by atoms with Crippen molar-refractivity contribution in [3.63, 3.8) is 0 Å². The predicted octanol–water partition coefficient (Wildman–Crippen LogP) is 1.82. The molecule has 1 aliphatic heterocycles. The Morgan fingerprint density at radius 1 is 1.45 bits per heavy atom. The van der Waals surface area contributed by atoms with Gasteiger partial charge in [-0.1, -0.05) is 0 Å². The summed E-state index contributed by atoms with van der Waals surface area (Å²) in [6.07, 6.45) is 6.07. The van der Waals surface area contributed by atoms with Crippen molar-refractivity contribution in [2.24, 2.45) is 7.05 Å². The zero-order chi connectivity index (χ0) is 15.5. The number of amides is 1. The van der Waals surface area contributed by atoms with Crippen LogP contribution in [0.2, 0.25) is 0 Å². The Kier molecular flexibility index (Phi) is 4.78. The van der Waals surface area contributed by atoms with Gasteiger partial charge < -0.3 is 14.8 Å². The number of nitrogens with one attached hydrogen (secondary N) is 1. The lowest BCUT2D eigenvalue weighted by Crippen LogP contribution is -2.33. The predicted molar refractivity (Wildman–Crippen MR) is 82.9 cm³/mol. The maximum atomic E-state index is 12.3. The van der Waals surface area contributed by atoms with Crippen LogP contribution < -0.4 is 5.32 Å². The summed E-state index contributed by atoms with van der Waals surface area (Å²) in [5, 5.41) is 7.44.